The molecule has 0 aromatic heterocycles. The first-order valence-corrected chi connectivity index (χ1v) is 15.2. The molecule has 3 aromatic rings. The lowest BCUT2D eigenvalue weighted by Crippen LogP contribution is -2.69. The van der Waals surface area contributed by atoms with Crippen molar-refractivity contribution in [2.24, 2.45) is 0 Å². The molecule has 1 fully saturated rings. The molecule has 1 saturated heterocycles. The van der Waals surface area contributed by atoms with Crippen molar-refractivity contribution in [1.82, 2.24) is 5.32 Å². The first-order chi connectivity index (χ1) is 21.8. The summed E-state index contributed by atoms with van der Waals surface area (Å²) in [6.45, 7) is 3.29. The van der Waals surface area contributed by atoms with Crippen LogP contribution in [0.1, 0.15) is 43.4 Å². The van der Waals surface area contributed by atoms with Crippen molar-refractivity contribution in [1.29, 1.82) is 0 Å². The maximum absolute atomic E-state index is 16.1. The molecule has 0 radical (unpaired) electrons. The number of hydrogen-bond donors (Lipinski definition) is 1. The molecule has 5 unspecified atom stereocenters. The highest BCUT2D eigenvalue weighted by molar-refractivity contribution is 5.73. The highest BCUT2D eigenvalue weighted by Gasteiger charge is 2.56. The molecule has 1 aliphatic rings. The average molecular weight is 626 g/mol. The quantitative estimate of drug-likeness (QED) is 0.207. The molecule has 0 bridgehead atoms. The minimum atomic E-state index is -3.55. The van der Waals surface area contributed by atoms with Crippen molar-refractivity contribution >= 4 is 11.9 Å². The number of rotatable bonds is 16. The van der Waals surface area contributed by atoms with Crippen LogP contribution in [0.25, 0.3) is 0 Å². The second kappa shape index (κ2) is 17.1. The molecular weight excluding hydrogens is 584 g/mol. The molecule has 8 nitrogen and oxygen atoms in total. The van der Waals surface area contributed by atoms with Gasteiger partial charge in [-0.25, -0.2) is 8.78 Å². The van der Waals surface area contributed by atoms with Crippen molar-refractivity contribution in [2.75, 3.05) is 13.2 Å². The van der Waals surface area contributed by atoms with Gasteiger partial charge < -0.3 is 29.0 Å². The Hall–Kier alpha value is -3.70. The fraction of sp³-hybridized carbons (Fsp3) is 0.429. The van der Waals surface area contributed by atoms with Crippen LogP contribution in [0.15, 0.2) is 91.0 Å². The van der Waals surface area contributed by atoms with Crippen molar-refractivity contribution < 1.29 is 42.1 Å². The van der Waals surface area contributed by atoms with Gasteiger partial charge in [-0.1, -0.05) is 91.0 Å². The molecule has 10 heteroatoms. The monoisotopic (exact) mass is 625 g/mol. The minimum absolute atomic E-state index is 0.0749. The Balaban J connectivity index is 1.66. The first kappa shape index (κ1) is 34.2. The number of halogens is 2. The number of esters is 1. The topological polar surface area (TPSA) is 92.3 Å². The number of benzene rings is 3. The van der Waals surface area contributed by atoms with E-state index in [0.717, 1.165) is 16.7 Å². The van der Waals surface area contributed by atoms with Crippen LogP contribution in [0.5, 0.6) is 0 Å². The maximum Gasteiger partial charge on any atom is 0.305 e. The molecule has 3 aromatic carbocycles. The van der Waals surface area contributed by atoms with Crippen LogP contribution in [0.2, 0.25) is 0 Å². The molecule has 242 valence electrons. The van der Waals surface area contributed by atoms with E-state index >= 15 is 8.78 Å². The zero-order valence-electron chi connectivity index (χ0n) is 25.6. The van der Waals surface area contributed by atoms with Gasteiger partial charge in [0.25, 0.3) is 5.92 Å². The predicted molar refractivity (Wildman–Crippen MR) is 163 cm³/mol. The van der Waals surface area contributed by atoms with Gasteiger partial charge in [0, 0.05) is 13.3 Å². The summed E-state index contributed by atoms with van der Waals surface area (Å²) in [5, 5.41) is 2.66. The zero-order chi connectivity index (χ0) is 32.1. The largest absolute Gasteiger partial charge is 0.466 e. The molecule has 1 heterocycles. The van der Waals surface area contributed by atoms with Gasteiger partial charge in [-0.15, -0.1) is 0 Å². The highest BCUT2D eigenvalue weighted by atomic mass is 19.3. The van der Waals surface area contributed by atoms with E-state index < -0.39 is 61.1 Å². The Morgan fingerprint density at radius 2 is 1.31 bits per heavy atom. The summed E-state index contributed by atoms with van der Waals surface area (Å²) < 4.78 is 61.9. The summed E-state index contributed by atoms with van der Waals surface area (Å²) in [6.07, 6.45) is -6.17. The lowest BCUT2D eigenvalue weighted by atomic mass is 9.87. The van der Waals surface area contributed by atoms with Gasteiger partial charge in [0.15, 0.2) is 0 Å². The lowest BCUT2D eigenvalue weighted by molar-refractivity contribution is -0.274. The zero-order valence-corrected chi connectivity index (χ0v) is 25.6. The van der Waals surface area contributed by atoms with Crippen LogP contribution < -0.4 is 5.32 Å². The third-order valence-corrected chi connectivity index (χ3v) is 7.41. The molecule has 0 spiro atoms. The molecule has 1 N–H and O–H groups in total. The number of alkyl halides is 2. The number of ether oxygens (including phenoxy) is 5. The third-order valence-electron chi connectivity index (χ3n) is 7.41. The molecule has 0 aliphatic carbocycles. The number of amides is 1. The van der Waals surface area contributed by atoms with E-state index in [9.17, 15) is 9.59 Å². The van der Waals surface area contributed by atoms with E-state index in [1.54, 1.807) is 6.92 Å². The van der Waals surface area contributed by atoms with Gasteiger partial charge >= 0.3 is 5.97 Å². The smallest absolute Gasteiger partial charge is 0.305 e. The van der Waals surface area contributed by atoms with E-state index in [-0.39, 0.29) is 33.0 Å². The lowest BCUT2D eigenvalue weighted by Gasteiger charge is -2.48. The van der Waals surface area contributed by atoms with Gasteiger partial charge in [0.1, 0.15) is 24.4 Å². The van der Waals surface area contributed by atoms with Crippen molar-refractivity contribution in [2.45, 2.75) is 82.9 Å². The summed E-state index contributed by atoms with van der Waals surface area (Å²) in [6, 6.07) is 26.8. The number of carbonyl (C=O) groups is 2. The molecule has 0 saturated carbocycles. The molecule has 5 atom stereocenters. The second-order valence-corrected chi connectivity index (χ2v) is 10.9. The predicted octanol–water partition coefficient (Wildman–Crippen LogP) is 5.62. The summed E-state index contributed by atoms with van der Waals surface area (Å²) in [7, 11) is 0. The summed E-state index contributed by atoms with van der Waals surface area (Å²) >= 11 is 0. The SMILES string of the molecule is CCOC(=O)CCC(F)(F)C1OC(COCc2ccccc2)C(OCc2ccccc2)C(OCc2ccccc2)C1NC(C)=O. The van der Waals surface area contributed by atoms with Crippen LogP contribution in [0, 0.1) is 0 Å². The molecule has 1 amide bonds. The Bertz CT molecular complexity index is 1310. The van der Waals surface area contributed by atoms with Gasteiger partial charge in [-0.2, -0.15) is 0 Å². The van der Waals surface area contributed by atoms with Crippen molar-refractivity contribution in [3.63, 3.8) is 0 Å². The van der Waals surface area contributed by atoms with Gasteiger partial charge in [-0.05, 0) is 23.6 Å². The van der Waals surface area contributed by atoms with Crippen LogP contribution in [-0.4, -0.2) is 61.5 Å². The maximum atomic E-state index is 16.1. The van der Waals surface area contributed by atoms with Crippen LogP contribution in [0.4, 0.5) is 8.78 Å². The number of hydrogen-bond acceptors (Lipinski definition) is 7. The van der Waals surface area contributed by atoms with Gasteiger partial charge in [0.2, 0.25) is 5.91 Å². The van der Waals surface area contributed by atoms with E-state index in [0.29, 0.717) is 0 Å². The van der Waals surface area contributed by atoms with E-state index in [1.165, 1.54) is 6.92 Å². The normalized spacial score (nSPS) is 21.6. The molecular formula is C35H41F2NO7. The summed E-state index contributed by atoms with van der Waals surface area (Å²) in [4.78, 5) is 24.5. The Morgan fingerprint density at radius 1 is 0.800 bits per heavy atom. The van der Waals surface area contributed by atoms with E-state index in [4.69, 9.17) is 23.7 Å². The summed E-state index contributed by atoms with van der Waals surface area (Å²) in [5.41, 5.74) is 2.58. The number of carbonyl (C=O) groups excluding carboxylic acids is 2. The van der Waals surface area contributed by atoms with Crippen LogP contribution >= 0.6 is 0 Å². The average Bonchev–Trinajstić information content (AvgIpc) is 3.04. The van der Waals surface area contributed by atoms with E-state index in [2.05, 4.69) is 5.32 Å². The molecule has 45 heavy (non-hydrogen) atoms. The number of nitrogens with one attached hydrogen (secondary N) is 1. The highest BCUT2D eigenvalue weighted by Crippen LogP contribution is 2.38. The van der Waals surface area contributed by atoms with E-state index in [1.807, 2.05) is 91.0 Å². The second-order valence-electron chi connectivity index (χ2n) is 10.9. The van der Waals surface area contributed by atoms with Gasteiger partial charge in [0.05, 0.1) is 45.5 Å². The van der Waals surface area contributed by atoms with Crippen molar-refractivity contribution in [3.8, 4) is 0 Å². The Labute approximate surface area is 263 Å². The first-order valence-electron chi connectivity index (χ1n) is 15.2. The molecule has 1 aliphatic heterocycles. The standard InChI is InChI=1S/C35H41F2NO7/c1-3-42-30(40)19-20-35(36,37)34-31(38-25(2)39)33(44-23-28-17-11-6-12-18-28)32(43-22-27-15-9-5-10-16-27)29(45-34)24-41-21-26-13-7-4-8-14-26/h4-18,29,31-34H,3,19-24H2,1-2H3,(H,38,39). The van der Waals surface area contributed by atoms with Crippen LogP contribution in [0.3, 0.4) is 0 Å². The molecule has 4 rings (SSSR count). The fourth-order valence-corrected chi connectivity index (χ4v) is 5.27. The van der Waals surface area contributed by atoms with Gasteiger partial charge in [-0.3, -0.25) is 9.59 Å². The third kappa shape index (κ3) is 10.4. The minimum Gasteiger partial charge on any atom is -0.466 e. The summed E-state index contributed by atoms with van der Waals surface area (Å²) in [5.74, 6) is -4.83. The van der Waals surface area contributed by atoms with Crippen molar-refractivity contribution in [3.05, 3.63) is 108 Å². The fourth-order valence-electron chi connectivity index (χ4n) is 5.27. The Kier molecular flexibility index (Phi) is 13.0. The van der Waals surface area contributed by atoms with Crippen LogP contribution in [-0.2, 0) is 53.1 Å². The Morgan fingerprint density at radius 3 is 1.82 bits per heavy atom.